The quantitative estimate of drug-likeness (QED) is 0.648. The first-order valence-corrected chi connectivity index (χ1v) is 6.56. The lowest BCUT2D eigenvalue weighted by molar-refractivity contribution is -0.216. The second kappa shape index (κ2) is 7.80. The summed E-state index contributed by atoms with van der Waals surface area (Å²) in [5.74, 6) is -0.952. The molecule has 1 rings (SSSR count). The zero-order valence-electron chi connectivity index (χ0n) is 11.5. The van der Waals surface area contributed by atoms with Crippen molar-refractivity contribution < 1.29 is 27.4 Å². The van der Waals surface area contributed by atoms with Crippen molar-refractivity contribution in [2.24, 2.45) is 5.41 Å². The molecular weight excluding hydrogens is 277 g/mol. The van der Waals surface area contributed by atoms with Gasteiger partial charge in [0.05, 0.1) is 13.2 Å². The van der Waals surface area contributed by atoms with Gasteiger partial charge >= 0.3 is 6.18 Å². The predicted octanol–water partition coefficient (Wildman–Crippen LogP) is 0.698. The number of ether oxygens (including phenoxy) is 2. The average molecular weight is 298 g/mol. The van der Waals surface area contributed by atoms with Crippen molar-refractivity contribution in [2.75, 3.05) is 46.6 Å². The molecule has 1 heterocycles. The van der Waals surface area contributed by atoms with E-state index in [1.165, 1.54) is 0 Å². The van der Waals surface area contributed by atoms with E-state index in [-0.39, 0.29) is 26.1 Å². The van der Waals surface area contributed by atoms with Crippen LogP contribution in [0.25, 0.3) is 0 Å². The van der Waals surface area contributed by atoms with E-state index in [0.29, 0.717) is 26.2 Å². The van der Waals surface area contributed by atoms with E-state index in [4.69, 9.17) is 9.47 Å². The van der Waals surface area contributed by atoms with E-state index in [1.807, 2.05) is 0 Å². The van der Waals surface area contributed by atoms with Gasteiger partial charge in [0.25, 0.3) is 0 Å². The molecule has 0 bridgehead atoms. The molecule has 0 saturated carbocycles. The molecule has 0 spiro atoms. The second-order valence-electron chi connectivity index (χ2n) is 4.72. The second-order valence-corrected chi connectivity index (χ2v) is 4.72. The molecule has 0 aromatic carbocycles. The van der Waals surface area contributed by atoms with Crippen molar-refractivity contribution in [1.82, 2.24) is 10.6 Å². The summed E-state index contributed by atoms with van der Waals surface area (Å²) < 4.78 is 49.1. The number of carbonyl (C=O) groups is 1. The van der Waals surface area contributed by atoms with Crippen molar-refractivity contribution in [1.29, 1.82) is 0 Å². The monoisotopic (exact) mass is 298 g/mol. The predicted molar refractivity (Wildman–Crippen MR) is 66.3 cm³/mol. The van der Waals surface area contributed by atoms with Gasteiger partial charge < -0.3 is 20.1 Å². The Bertz CT molecular complexity index is 305. The van der Waals surface area contributed by atoms with Gasteiger partial charge in [-0.15, -0.1) is 0 Å². The number of hydrogen-bond donors (Lipinski definition) is 2. The summed E-state index contributed by atoms with van der Waals surface area (Å²) in [7, 11) is 1.55. The summed E-state index contributed by atoms with van der Waals surface area (Å²) in [6, 6.07) is 0. The molecule has 1 amide bonds. The minimum atomic E-state index is -4.53. The van der Waals surface area contributed by atoms with Gasteiger partial charge in [-0.2, -0.15) is 13.2 Å². The lowest BCUT2D eigenvalue weighted by Crippen LogP contribution is -2.52. The minimum Gasteiger partial charge on any atom is -0.382 e. The number of amides is 1. The van der Waals surface area contributed by atoms with E-state index in [9.17, 15) is 18.0 Å². The Hall–Kier alpha value is -0.860. The van der Waals surface area contributed by atoms with Gasteiger partial charge in [0.2, 0.25) is 5.91 Å². The van der Waals surface area contributed by atoms with Crippen molar-refractivity contribution in [3.63, 3.8) is 0 Å². The maximum atomic E-state index is 13.0. The number of nitrogens with one attached hydrogen (secondary N) is 2. The largest absolute Gasteiger partial charge is 0.404 e. The van der Waals surface area contributed by atoms with Gasteiger partial charge in [-0.05, 0) is 19.4 Å². The van der Waals surface area contributed by atoms with E-state index in [1.54, 1.807) is 7.11 Å². The summed E-state index contributed by atoms with van der Waals surface area (Å²) in [6.45, 7) is 1.29. The molecule has 118 valence electrons. The third-order valence-electron chi connectivity index (χ3n) is 3.32. The van der Waals surface area contributed by atoms with Crippen LogP contribution in [0.4, 0.5) is 13.2 Å². The Morgan fingerprint density at radius 3 is 2.65 bits per heavy atom. The fourth-order valence-corrected chi connectivity index (χ4v) is 2.05. The highest BCUT2D eigenvalue weighted by Crippen LogP contribution is 2.43. The van der Waals surface area contributed by atoms with E-state index in [0.717, 1.165) is 0 Å². The number of halogens is 3. The van der Waals surface area contributed by atoms with E-state index < -0.39 is 17.5 Å². The molecule has 0 aromatic heterocycles. The molecule has 1 atom stereocenters. The summed E-state index contributed by atoms with van der Waals surface area (Å²) >= 11 is 0. The molecule has 1 aliphatic heterocycles. The van der Waals surface area contributed by atoms with Gasteiger partial charge in [-0.25, -0.2) is 0 Å². The van der Waals surface area contributed by atoms with Crippen LogP contribution in [-0.4, -0.2) is 58.6 Å². The fraction of sp³-hybridized carbons (Fsp3) is 0.917. The lowest BCUT2D eigenvalue weighted by atomic mass is 9.85. The third kappa shape index (κ3) is 4.32. The molecular formula is C12H21F3N2O3. The smallest absolute Gasteiger partial charge is 0.382 e. The fourth-order valence-electron chi connectivity index (χ4n) is 2.05. The van der Waals surface area contributed by atoms with Crippen LogP contribution >= 0.6 is 0 Å². The maximum Gasteiger partial charge on any atom is 0.404 e. The van der Waals surface area contributed by atoms with Crippen molar-refractivity contribution in [3.8, 4) is 0 Å². The number of rotatable bonds is 8. The lowest BCUT2D eigenvalue weighted by Gasteiger charge is -2.29. The third-order valence-corrected chi connectivity index (χ3v) is 3.32. The molecule has 5 nitrogen and oxygen atoms in total. The average Bonchev–Trinajstić information content (AvgIpc) is 2.87. The van der Waals surface area contributed by atoms with Crippen LogP contribution in [0.15, 0.2) is 0 Å². The number of methoxy groups -OCH3 is 1. The van der Waals surface area contributed by atoms with Crippen LogP contribution in [0.5, 0.6) is 0 Å². The summed E-state index contributed by atoms with van der Waals surface area (Å²) in [5, 5.41) is 4.96. The zero-order valence-corrected chi connectivity index (χ0v) is 11.5. The SMILES string of the molecule is COCCOCCCNC(=O)C1(C(F)(F)F)CCNC1. The molecule has 0 aliphatic carbocycles. The maximum absolute atomic E-state index is 13.0. The summed E-state index contributed by atoms with van der Waals surface area (Å²) in [4.78, 5) is 11.8. The van der Waals surface area contributed by atoms with Crippen molar-refractivity contribution >= 4 is 5.91 Å². The first-order chi connectivity index (χ1) is 9.44. The van der Waals surface area contributed by atoms with Gasteiger partial charge in [0.15, 0.2) is 5.41 Å². The molecule has 2 N–H and O–H groups in total. The summed E-state index contributed by atoms with van der Waals surface area (Å²) in [5.41, 5.74) is -2.29. The van der Waals surface area contributed by atoms with Crippen molar-refractivity contribution in [3.05, 3.63) is 0 Å². The zero-order chi connectivity index (χ0) is 15.1. The minimum absolute atomic E-state index is 0.170. The molecule has 1 fully saturated rings. The van der Waals surface area contributed by atoms with Crippen LogP contribution in [-0.2, 0) is 14.3 Å². The molecule has 0 aromatic rings. The van der Waals surface area contributed by atoms with Gasteiger partial charge in [-0.1, -0.05) is 0 Å². The summed E-state index contributed by atoms with van der Waals surface area (Å²) in [6.07, 6.45) is -4.28. The molecule has 8 heteroatoms. The topological polar surface area (TPSA) is 59.6 Å². The van der Waals surface area contributed by atoms with Gasteiger partial charge in [0.1, 0.15) is 0 Å². The van der Waals surface area contributed by atoms with Crippen LogP contribution in [0, 0.1) is 5.41 Å². The number of hydrogen-bond acceptors (Lipinski definition) is 4. The van der Waals surface area contributed by atoms with Crippen LogP contribution < -0.4 is 10.6 Å². The Labute approximate surface area is 116 Å². The molecule has 1 aliphatic rings. The molecule has 1 saturated heterocycles. The molecule has 1 unspecified atom stereocenters. The van der Waals surface area contributed by atoms with Crippen molar-refractivity contribution in [2.45, 2.75) is 19.0 Å². The van der Waals surface area contributed by atoms with E-state index >= 15 is 0 Å². The normalized spacial score (nSPS) is 23.0. The van der Waals surface area contributed by atoms with Gasteiger partial charge in [0, 0.05) is 26.8 Å². The molecule has 0 radical (unpaired) electrons. The first-order valence-electron chi connectivity index (χ1n) is 6.56. The highest BCUT2D eigenvalue weighted by Gasteiger charge is 2.61. The Morgan fingerprint density at radius 2 is 2.10 bits per heavy atom. The highest BCUT2D eigenvalue weighted by atomic mass is 19.4. The standard InChI is InChI=1S/C12H21F3N2O3/c1-19-7-8-20-6-2-4-17-10(18)11(12(13,14)15)3-5-16-9-11/h16H,2-9H2,1H3,(H,17,18). The van der Waals surface area contributed by atoms with Crippen LogP contribution in [0.1, 0.15) is 12.8 Å². The number of carbonyl (C=O) groups excluding carboxylic acids is 1. The van der Waals surface area contributed by atoms with Gasteiger partial charge in [-0.3, -0.25) is 4.79 Å². The van der Waals surface area contributed by atoms with E-state index in [2.05, 4.69) is 10.6 Å². The Morgan fingerprint density at radius 1 is 1.35 bits per heavy atom. The highest BCUT2D eigenvalue weighted by molar-refractivity contribution is 5.84. The first kappa shape index (κ1) is 17.2. The Kier molecular flexibility index (Phi) is 6.70. The van der Waals surface area contributed by atoms with Crippen LogP contribution in [0.2, 0.25) is 0 Å². The van der Waals surface area contributed by atoms with Crippen LogP contribution in [0.3, 0.4) is 0 Å². The number of alkyl halides is 3. The Balaban J connectivity index is 2.30. The molecule has 20 heavy (non-hydrogen) atoms.